The second-order valence-electron chi connectivity index (χ2n) is 8.93. The van der Waals surface area contributed by atoms with E-state index in [9.17, 15) is 9.90 Å². The highest BCUT2D eigenvalue weighted by molar-refractivity contribution is 6.30. The Labute approximate surface area is 211 Å². The molecule has 0 atom stereocenters. The summed E-state index contributed by atoms with van der Waals surface area (Å²) in [6.45, 7) is 6.50. The van der Waals surface area contributed by atoms with Crippen LogP contribution in [0.3, 0.4) is 0 Å². The smallest absolute Gasteiger partial charge is 0.341 e. The van der Waals surface area contributed by atoms with Crippen molar-refractivity contribution in [1.82, 2.24) is 9.78 Å². The molecule has 0 aliphatic carbocycles. The molecule has 0 aliphatic heterocycles. The lowest BCUT2D eigenvalue weighted by molar-refractivity contribution is -0.139. The first-order valence-corrected chi connectivity index (χ1v) is 12.1. The Bertz CT molecular complexity index is 1310. The number of carboxylic acid groups (broad SMARTS) is 1. The summed E-state index contributed by atoms with van der Waals surface area (Å²) in [6.07, 6.45) is 0.830. The number of halogens is 1. The molecular weight excluding hydrogens is 460 g/mol. The molecule has 0 saturated carbocycles. The number of carbonyl (C=O) groups is 1. The van der Waals surface area contributed by atoms with E-state index in [0.717, 1.165) is 40.1 Å². The zero-order valence-electron chi connectivity index (χ0n) is 20.2. The van der Waals surface area contributed by atoms with E-state index in [2.05, 4.69) is 32.0 Å². The summed E-state index contributed by atoms with van der Waals surface area (Å²) in [5.74, 6) is -0.201. The fourth-order valence-electron chi connectivity index (χ4n) is 4.14. The molecule has 180 valence electrons. The second-order valence-corrected chi connectivity index (χ2v) is 9.36. The van der Waals surface area contributed by atoms with Crippen molar-refractivity contribution >= 4 is 17.6 Å². The average Bonchev–Trinajstić information content (AvgIpc) is 3.25. The highest BCUT2D eigenvalue weighted by atomic mass is 35.5. The summed E-state index contributed by atoms with van der Waals surface area (Å²) in [5.41, 5.74) is 6.84. The minimum Gasteiger partial charge on any atom is -0.481 e. The predicted octanol–water partition coefficient (Wildman–Crippen LogP) is 7.01. The Morgan fingerprint density at radius 1 is 1.06 bits per heavy atom. The summed E-state index contributed by atoms with van der Waals surface area (Å²) in [6, 6.07) is 24.1. The van der Waals surface area contributed by atoms with Gasteiger partial charge in [-0.1, -0.05) is 74.0 Å². The molecule has 0 unspecified atom stereocenters. The topological polar surface area (TPSA) is 64.3 Å². The zero-order valence-corrected chi connectivity index (χ0v) is 20.9. The van der Waals surface area contributed by atoms with Crippen molar-refractivity contribution in [2.24, 2.45) is 0 Å². The Balaban J connectivity index is 1.80. The van der Waals surface area contributed by atoms with Crippen molar-refractivity contribution in [1.29, 1.82) is 0 Å². The van der Waals surface area contributed by atoms with Crippen molar-refractivity contribution in [2.75, 3.05) is 6.61 Å². The van der Waals surface area contributed by atoms with Crippen LogP contribution in [0.1, 0.15) is 36.5 Å². The second kappa shape index (κ2) is 10.8. The Morgan fingerprint density at radius 3 is 2.43 bits per heavy atom. The van der Waals surface area contributed by atoms with Gasteiger partial charge in [-0.05, 0) is 65.8 Å². The normalized spacial score (nSPS) is 11.1. The van der Waals surface area contributed by atoms with Crippen LogP contribution in [0.2, 0.25) is 5.02 Å². The number of aromatic nitrogens is 2. The molecule has 0 bridgehead atoms. The fourth-order valence-corrected chi connectivity index (χ4v) is 4.26. The van der Waals surface area contributed by atoms with E-state index in [0.29, 0.717) is 17.3 Å². The van der Waals surface area contributed by atoms with Crippen molar-refractivity contribution in [2.45, 2.75) is 39.7 Å². The molecule has 1 N–H and O–H groups in total. The van der Waals surface area contributed by atoms with Gasteiger partial charge in [-0.25, -0.2) is 4.79 Å². The van der Waals surface area contributed by atoms with Crippen molar-refractivity contribution < 1.29 is 14.6 Å². The maximum Gasteiger partial charge on any atom is 0.341 e. The number of hydrogen-bond donors (Lipinski definition) is 1. The standard InChI is InChI=1S/C29H29ClN2O3/c1-19(2)23-15-20(3)29(27(16-23)35-18-28(33)34)25-17-26(22-9-11-24(30)12-10-22)32(31-25)14-13-21-7-5-4-6-8-21/h4-12,15-17,19H,13-14,18H2,1-3H3,(H,33,34). The van der Waals surface area contributed by atoms with Crippen LogP contribution in [0.15, 0.2) is 72.8 Å². The number of aliphatic carboxylic acids is 1. The van der Waals surface area contributed by atoms with Crippen LogP contribution in [0.4, 0.5) is 0 Å². The van der Waals surface area contributed by atoms with E-state index in [1.165, 1.54) is 5.56 Å². The molecule has 0 spiro atoms. The molecule has 0 fully saturated rings. The van der Waals surface area contributed by atoms with Gasteiger partial charge in [0, 0.05) is 17.1 Å². The molecule has 1 heterocycles. The van der Waals surface area contributed by atoms with Crippen molar-refractivity contribution in [3.63, 3.8) is 0 Å². The third kappa shape index (κ3) is 5.92. The molecule has 0 amide bonds. The summed E-state index contributed by atoms with van der Waals surface area (Å²) in [5, 5.41) is 14.9. The van der Waals surface area contributed by atoms with Gasteiger partial charge in [0.15, 0.2) is 6.61 Å². The maximum atomic E-state index is 11.3. The van der Waals surface area contributed by atoms with Gasteiger partial charge in [0.05, 0.1) is 11.4 Å². The first kappa shape index (κ1) is 24.6. The highest BCUT2D eigenvalue weighted by Crippen LogP contribution is 2.38. The lowest BCUT2D eigenvalue weighted by atomic mass is 9.95. The minimum absolute atomic E-state index is 0.281. The Hall–Kier alpha value is -3.57. The number of nitrogens with zero attached hydrogens (tertiary/aromatic N) is 2. The first-order valence-electron chi connectivity index (χ1n) is 11.7. The summed E-state index contributed by atoms with van der Waals surface area (Å²) >= 11 is 6.14. The quantitative estimate of drug-likeness (QED) is 0.275. The molecular formula is C29H29ClN2O3. The van der Waals surface area contributed by atoms with E-state index in [4.69, 9.17) is 21.4 Å². The van der Waals surface area contributed by atoms with Crippen molar-refractivity contribution in [3.05, 3.63) is 94.5 Å². The van der Waals surface area contributed by atoms with Gasteiger partial charge in [0.25, 0.3) is 0 Å². The van der Waals surface area contributed by atoms with Crippen molar-refractivity contribution in [3.8, 4) is 28.3 Å². The zero-order chi connectivity index (χ0) is 24.9. The largest absolute Gasteiger partial charge is 0.481 e. The molecule has 4 rings (SSSR count). The lowest BCUT2D eigenvalue weighted by Gasteiger charge is -2.15. The molecule has 35 heavy (non-hydrogen) atoms. The van der Waals surface area contributed by atoms with Gasteiger partial charge in [0.1, 0.15) is 5.75 Å². The van der Waals surface area contributed by atoms with Crippen LogP contribution in [0.5, 0.6) is 5.75 Å². The third-order valence-electron chi connectivity index (χ3n) is 5.97. The predicted molar refractivity (Wildman–Crippen MR) is 140 cm³/mol. The van der Waals surface area contributed by atoms with Gasteiger partial charge < -0.3 is 9.84 Å². The molecule has 3 aromatic carbocycles. The van der Waals surface area contributed by atoms with Gasteiger partial charge in [-0.3, -0.25) is 4.68 Å². The maximum absolute atomic E-state index is 11.3. The van der Waals surface area contributed by atoms with E-state index in [1.54, 1.807) is 0 Å². The van der Waals surface area contributed by atoms with Crippen LogP contribution in [-0.4, -0.2) is 27.5 Å². The van der Waals surface area contributed by atoms with E-state index in [-0.39, 0.29) is 5.92 Å². The van der Waals surface area contributed by atoms with Crippen LogP contribution in [0, 0.1) is 6.92 Å². The SMILES string of the molecule is Cc1cc(C(C)C)cc(OCC(=O)O)c1-c1cc(-c2ccc(Cl)cc2)n(CCc2ccccc2)n1. The lowest BCUT2D eigenvalue weighted by Crippen LogP contribution is -2.11. The van der Waals surface area contributed by atoms with Crippen LogP contribution in [-0.2, 0) is 17.8 Å². The number of aryl methyl sites for hydroxylation is 3. The molecule has 6 heteroatoms. The number of hydrogen-bond acceptors (Lipinski definition) is 3. The molecule has 0 aliphatic rings. The fraction of sp³-hybridized carbons (Fsp3) is 0.241. The third-order valence-corrected chi connectivity index (χ3v) is 6.22. The van der Waals surface area contributed by atoms with Gasteiger partial charge in [-0.15, -0.1) is 0 Å². The number of rotatable bonds is 9. The first-order chi connectivity index (χ1) is 16.8. The number of carboxylic acids is 1. The van der Waals surface area contributed by atoms with E-state index >= 15 is 0 Å². The Kier molecular flexibility index (Phi) is 7.57. The summed E-state index contributed by atoms with van der Waals surface area (Å²) in [4.78, 5) is 11.3. The van der Waals surface area contributed by atoms with Crippen LogP contribution in [0.25, 0.3) is 22.5 Å². The number of ether oxygens (including phenoxy) is 1. The monoisotopic (exact) mass is 488 g/mol. The molecule has 5 nitrogen and oxygen atoms in total. The molecule has 0 radical (unpaired) electrons. The van der Waals surface area contributed by atoms with Gasteiger partial charge in [-0.2, -0.15) is 5.10 Å². The Morgan fingerprint density at radius 2 is 1.77 bits per heavy atom. The van der Waals surface area contributed by atoms with Gasteiger partial charge in [0.2, 0.25) is 0 Å². The van der Waals surface area contributed by atoms with E-state index in [1.807, 2.05) is 66.2 Å². The van der Waals surface area contributed by atoms with Gasteiger partial charge >= 0.3 is 5.97 Å². The average molecular weight is 489 g/mol. The molecule has 0 saturated heterocycles. The summed E-state index contributed by atoms with van der Waals surface area (Å²) in [7, 11) is 0. The van der Waals surface area contributed by atoms with Crippen LogP contribution < -0.4 is 4.74 Å². The highest BCUT2D eigenvalue weighted by Gasteiger charge is 2.19. The minimum atomic E-state index is -1.02. The van der Waals surface area contributed by atoms with E-state index < -0.39 is 12.6 Å². The summed E-state index contributed by atoms with van der Waals surface area (Å²) < 4.78 is 7.76. The molecule has 4 aromatic rings. The molecule has 1 aromatic heterocycles. The van der Waals surface area contributed by atoms with Crippen LogP contribution >= 0.6 is 11.6 Å². The number of benzene rings is 3.